The van der Waals surface area contributed by atoms with Gasteiger partial charge in [0.25, 0.3) is 5.91 Å². The molecule has 148 valence electrons. The molecule has 1 fully saturated rings. The highest BCUT2D eigenvalue weighted by Crippen LogP contribution is 2.34. The van der Waals surface area contributed by atoms with Crippen LogP contribution in [0.15, 0.2) is 24.4 Å². The Morgan fingerprint density at radius 3 is 2.75 bits per heavy atom. The van der Waals surface area contributed by atoms with Gasteiger partial charge in [0.2, 0.25) is 0 Å². The quantitative estimate of drug-likeness (QED) is 0.833. The number of ether oxygens (including phenoxy) is 1. The average Bonchev–Trinajstić information content (AvgIpc) is 3.19. The monoisotopic (exact) mass is 384 g/mol. The second-order valence-electron chi connectivity index (χ2n) is 7.30. The summed E-state index contributed by atoms with van der Waals surface area (Å²) < 4.78 is 7.45. The number of aromatic nitrogens is 3. The molecule has 0 spiro atoms. The van der Waals surface area contributed by atoms with Crippen molar-refractivity contribution in [1.82, 2.24) is 25.2 Å². The summed E-state index contributed by atoms with van der Waals surface area (Å²) in [6, 6.07) is 6.03. The summed E-state index contributed by atoms with van der Waals surface area (Å²) in [5, 5.41) is 10.9. The van der Waals surface area contributed by atoms with Crippen molar-refractivity contribution in [3.63, 3.8) is 0 Å². The van der Waals surface area contributed by atoms with Gasteiger partial charge in [0, 0.05) is 25.1 Å². The maximum Gasteiger partial charge on any atom is 0.317 e. The van der Waals surface area contributed by atoms with Gasteiger partial charge >= 0.3 is 6.03 Å². The number of nitrogens with one attached hydrogen (secondary N) is 1. The first-order valence-electron chi connectivity index (χ1n) is 9.52. The zero-order chi connectivity index (χ0) is 19.7. The highest BCUT2D eigenvalue weighted by molar-refractivity contribution is 5.90. The summed E-state index contributed by atoms with van der Waals surface area (Å²) >= 11 is 0. The van der Waals surface area contributed by atoms with E-state index in [4.69, 9.17) is 10.5 Å². The molecule has 3 heterocycles. The molecule has 0 saturated carbocycles. The van der Waals surface area contributed by atoms with Crippen LogP contribution in [0.25, 0.3) is 0 Å². The molecule has 0 unspecified atom stereocenters. The number of primary amides is 1. The van der Waals surface area contributed by atoms with Crippen molar-refractivity contribution in [1.29, 1.82) is 0 Å². The van der Waals surface area contributed by atoms with E-state index >= 15 is 0 Å². The first-order chi connectivity index (χ1) is 13.5. The van der Waals surface area contributed by atoms with Gasteiger partial charge in [0.15, 0.2) is 5.69 Å². The summed E-state index contributed by atoms with van der Waals surface area (Å²) in [5.41, 5.74) is 7.51. The standard InChI is InChI=1S/C19H24N6O3/c1-12-3-2-4-14-15(7-10-28-17(12)14)21-19(27)24-8-5-13(6-9-24)25-11-16(18(20)26)22-23-25/h2-4,11,13,15H,5-10H2,1H3,(H2,20,26)(H,21,27)/t15-/m1/s1. The Hall–Kier alpha value is -3.10. The van der Waals surface area contributed by atoms with Crippen LogP contribution in [0.2, 0.25) is 0 Å². The number of piperidine rings is 1. The molecule has 9 heteroatoms. The average molecular weight is 384 g/mol. The van der Waals surface area contributed by atoms with Gasteiger partial charge in [0.05, 0.1) is 24.9 Å². The van der Waals surface area contributed by atoms with Crippen molar-refractivity contribution in [3.05, 3.63) is 41.2 Å². The third-order valence-electron chi connectivity index (χ3n) is 5.46. The van der Waals surface area contributed by atoms with Crippen molar-refractivity contribution in [2.45, 2.75) is 38.3 Å². The van der Waals surface area contributed by atoms with Crippen LogP contribution in [-0.4, -0.2) is 51.5 Å². The SMILES string of the molecule is Cc1cccc2c1OCC[C@H]2NC(=O)N1CCC(n2cc(C(N)=O)nn2)CC1. The number of fused-ring (bicyclic) bond motifs is 1. The number of rotatable bonds is 3. The van der Waals surface area contributed by atoms with E-state index in [2.05, 4.69) is 15.6 Å². The minimum atomic E-state index is -0.588. The number of likely N-dealkylation sites (tertiary alicyclic amines) is 1. The molecule has 0 bridgehead atoms. The largest absolute Gasteiger partial charge is 0.493 e. The van der Waals surface area contributed by atoms with Crippen molar-refractivity contribution >= 4 is 11.9 Å². The predicted octanol–water partition coefficient (Wildman–Crippen LogP) is 1.56. The van der Waals surface area contributed by atoms with Crippen LogP contribution in [0.1, 0.15) is 53.0 Å². The van der Waals surface area contributed by atoms with E-state index in [1.807, 2.05) is 30.0 Å². The van der Waals surface area contributed by atoms with Crippen LogP contribution >= 0.6 is 0 Å². The summed E-state index contributed by atoms with van der Waals surface area (Å²) in [6.45, 7) is 3.85. The van der Waals surface area contributed by atoms with Crippen molar-refractivity contribution in [2.75, 3.05) is 19.7 Å². The Morgan fingerprint density at radius 2 is 2.04 bits per heavy atom. The van der Waals surface area contributed by atoms with Gasteiger partial charge in [-0.3, -0.25) is 4.79 Å². The van der Waals surface area contributed by atoms with Crippen LogP contribution in [0.5, 0.6) is 5.75 Å². The number of hydrogen-bond donors (Lipinski definition) is 2. The summed E-state index contributed by atoms with van der Waals surface area (Å²) in [5.74, 6) is 0.296. The molecule has 3 amide bonds. The maximum atomic E-state index is 12.8. The van der Waals surface area contributed by atoms with Gasteiger partial charge in [-0.1, -0.05) is 23.4 Å². The minimum absolute atomic E-state index is 0.0395. The first-order valence-corrected chi connectivity index (χ1v) is 9.52. The number of amides is 3. The molecule has 3 N–H and O–H groups in total. The van der Waals surface area contributed by atoms with Crippen LogP contribution in [-0.2, 0) is 0 Å². The Kier molecular flexibility index (Phi) is 4.89. The number of carbonyl (C=O) groups is 2. The van der Waals surface area contributed by atoms with E-state index in [-0.39, 0.29) is 23.8 Å². The molecular weight excluding hydrogens is 360 g/mol. The van der Waals surface area contributed by atoms with Crippen LogP contribution < -0.4 is 15.8 Å². The fourth-order valence-electron chi connectivity index (χ4n) is 3.87. The zero-order valence-electron chi connectivity index (χ0n) is 15.8. The van der Waals surface area contributed by atoms with E-state index in [0.717, 1.165) is 36.1 Å². The lowest BCUT2D eigenvalue weighted by atomic mass is 9.98. The summed E-state index contributed by atoms with van der Waals surface area (Å²) in [7, 11) is 0. The normalized spacial score (nSPS) is 19.6. The topological polar surface area (TPSA) is 115 Å². The first kappa shape index (κ1) is 18.3. The number of aryl methyl sites for hydroxylation is 1. The lowest BCUT2D eigenvalue weighted by molar-refractivity contribution is 0.0995. The molecule has 28 heavy (non-hydrogen) atoms. The molecule has 2 aliphatic rings. The number of urea groups is 1. The molecule has 2 aromatic rings. The number of nitrogens with zero attached hydrogens (tertiary/aromatic N) is 4. The molecule has 0 radical (unpaired) electrons. The molecule has 1 atom stereocenters. The van der Waals surface area contributed by atoms with Gasteiger partial charge in [0.1, 0.15) is 5.75 Å². The molecular formula is C19H24N6O3. The lowest BCUT2D eigenvalue weighted by Gasteiger charge is -2.34. The highest BCUT2D eigenvalue weighted by atomic mass is 16.5. The van der Waals surface area contributed by atoms with Gasteiger partial charge in [-0.05, 0) is 25.3 Å². The maximum absolute atomic E-state index is 12.8. The molecule has 1 aromatic heterocycles. The second kappa shape index (κ2) is 7.49. The molecule has 9 nitrogen and oxygen atoms in total. The third kappa shape index (κ3) is 3.51. The lowest BCUT2D eigenvalue weighted by Crippen LogP contribution is -2.46. The van der Waals surface area contributed by atoms with Crippen molar-refractivity contribution in [2.24, 2.45) is 5.73 Å². The fraction of sp³-hybridized carbons (Fsp3) is 0.474. The van der Waals surface area contributed by atoms with Gasteiger partial charge in [-0.2, -0.15) is 0 Å². The van der Waals surface area contributed by atoms with E-state index in [0.29, 0.717) is 19.7 Å². The Bertz CT molecular complexity index is 888. The van der Waals surface area contributed by atoms with E-state index < -0.39 is 5.91 Å². The van der Waals surface area contributed by atoms with Crippen molar-refractivity contribution in [3.8, 4) is 5.75 Å². The molecule has 1 aromatic carbocycles. The highest BCUT2D eigenvalue weighted by Gasteiger charge is 2.29. The van der Waals surface area contributed by atoms with Crippen LogP contribution in [0.3, 0.4) is 0 Å². The zero-order valence-corrected chi connectivity index (χ0v) is 15.8. The number of para-hydroxylation sites is 1. The number of nitrogens with two attached hydrogens (primary N) is 1. The van der Waals surface area contributed by atoms with Crippen LogP contribution in [0.4, 0.5) is 4.79 Å². The van der Waals surface area contributed by atoms with Gasteiger partial charge in [-0.25, -0.2) is 9.48 Å². The predicted molar refractivity (Wildman–Crippen MR) is 101 cm³/mol. The molecule has 4 rings (SSSR count). The Balaban J connectivity index is 1.36. The number of carbonyl (C=O) groups excluding carboxylic acids is 2. The number of hydrogen-bond acceptors (Lipinski definition) is 5. The minimum Gasteiger partial charge on any atom is -0.493 e. The third-order valence-corrected chi connectivity index (χ3v) is 5.46. The summed E-state index contributed by atoms with van der Waals surface area (Å²) in [6.07, 6.45) is 3.83. The van der Waals surface area contributed by atoms with E-state index in [9.17, 15) is 9.59 Å². The van der Waals surface area contributed by atoms with E-state index in [1.54, 1.807) is 10.9 Å². The molecule has 1 saturated heterocycles. The van der Waals surface area contributed by atoms with Crippen LogP contribution in [0, 0.1) is 6.92 Å². The number of benzene rings is 1. The summed E-state index contributed by atoms with van der Waals surface area (Å²) in [4.78, 5) is 25.8. The smallest absolute Gasteiger partial charge is 0.317 e. The van der Waals surface area contributed by atoms with Gasteiger partial charge in [-0.15, -0.1) is 5.10 Å². The second-order valence-corrected chi connectivity index (χ2v) is 7.30. The van der Waals surface area contributed by atoms with Gasteiger partial charge < -0.3 is 20.7 Å². The Morgan fingerprint density at radius 1 is 1.25 bits per heavy atom. The van der Waals surface area contributed by atoms with E-state index in [1.165, 1.54) is 0 Å². The molecule has 2 aliphatic heterocycles. The van der Waals surface area contributed by atoms with Crippen molar-refractivity contribution < 1.29 is 14.3 Å². The fourth-order valence-corrected chi connectivity index (χ4v) is 3.87. The Labute approximate surface area is 162 Å². The molecule has 0 aliphatic carbocycles.